The lowest BCUT2D eigenvalue weighted by atomic mass is 10.5. The van der Waals surface area contributed by atoms with E-state index in [0.29, 0.717) is 26.2 Å². The van der Waals surface area contributed by atoms with E-state index in [1.807, 2.05) is 0 Å². The van der Waals surface area contributed by atoms with E-state index in [1.165, 1.54) is 0 Å². The van der Waals surface area contributed by atoms with Crippen LogP contribution < -0.4 is 0 Å². The van der Waals surface area contributed by atoms with E-state index < -0.39 is 5.97 Å². The Morgan fingerprint density at radius 3 is 2.23 bits per heavy atom. The van der Waals surface area contributed by atoms with Crippen molar-refractivity contribution in [3.05, 3.63) is 0 Å². The number of hydrogen-bond acceptors (Lipinski definition) is 4. The van der Waals surface area contributed by atoms with Crippen LogP contribution in [0.1, 0.15) is 12.8 Å². The van der Waals surface area contributed by atoms with Crippen molar-refractivity contribution in [3.63, 3.8) is 0 Å². The lowest BCUT2D eigenvalue weighted by molar-refractivity contribution is -0.138. The van der Waals surface area contributed by atoms with E-state index >= 15 is 0 Å². The lowest BCUT2D eigenvalue weighted by Crippen LogP contribution is -2.09. The third-order valence-electron chi connectivity index (χ3n) is 1.28. The number of carbonyl (C=O) groups is 1. The molecule has 13 heavy (non-hydrogen) atoms. The summed E-state index contributed by atoms with van der Waals surface area (Å²) < 4.78 is 10.0. The number of aliphatic carboxylic acids is 1. The number of hydrogen-bond donors (Lipinski definition) is 2. The fourth-order valence-electron chi connectivity index (χ4n) is 0.648. The van der Waals surface area contributed by atoms with Gasteiger partial charge in [0.05, 0.1) is 26.2 Å². The standard InChI is InChI=1S/C8H16O5/c9-3-1-4-12-6-7-13-5-2-8(10)11/h9H,1-7H2,(H,10,11). The molecule has 0 radical (unpaired) electrons. The highest BCUT2D eigenvalue weighted by molar-refractivity contribution is 5.66. The molecule has 0 unspecified atom stereocenters. The third kappa shape index (κ3) is 11.3. The van der Waals surface area contributed by atoms with Gasteiger partial charge in [-0.05, 0) is 6.42 Å². The minimum atomic E-state index is -0.860. The van der Waals surface area contributed by atoms with Crippen molar-refractivity contribution >= 4 is 5.97 Å². The molecule has 0 rings (SSSR count). The fourth-order valence-corrected chi connectivity index (χ4v) is 0.648. The van der Waals surface area contributed by atoms with E-state index in [2.05, 4.69) is 0 Å². The molecule has 0 aliphatic heterocycles. The largest absolute Gasteiger partial charge is 0.481 e. The number of rotatable bonds is 9. The zero-order chi connectivity index (χ0) is 9.94. The predicted molar refractivity (Wildman–Crippen MR) is 45.6 cm³/mol. The van der Waals surface area contributed by atoms with E-state index in [-0.39, 0.29) is 19.6 Å². The van der Waals surface area contributed by atoms with Gasteiger partial charge < -0.3 is 19.7 Å². The summed E-state index contributed by atoms with van der Waals surface area (Å²) in [6.07, 6.45) is 0.645. The van der Waals surface area contributed by atoms with Gasteiger partial charge in [-0.25, -0.2) is 0 Å². The minimum Gasteiger partial charge on any atom is -0.481 e. The first kappa shape index (κ1) is 12.3. The van der Waals surface area contributed by atoms with Crippen molar-refractivity contribution in [1.82, 2.24) is 0 Å². The topological polar surface area (TPSA) is 76.0 Å². The summed E-state index contributed by atoms with van der Waals surface area (Å²) in [6, 6.07) is 0. The van der Waals surface area contributed by atoms with Crippen LogP contribution in [0.5, 0.6) is 0 Å². The molecule has 78 valence electrons. The molecule has 5 nitrogen and oxygen atoms in total. The average molecular weight is 192 g/mol. The highest BCUT2D eigenvalue weighted by Gasteiger charge is 1.95. The van der Waals surface area contributed by atoms with Gasteiger partial charge in [0, 0.05) is 13.2 Å². The Bertz CT molecular complexity index is 126. The summed E-state index contributed by atoms with van der Waals surface area (Å²) in [7, 11) is 0. The Hall–Kier alpha value is -0.650. The second kappa shape index (κ2) is 9.44. The van der Waals surface area contributed by atoms with Crippen LogP contribution in [0, 0.1) is 0 Å². The van der Waals surface area contributed by atoms with E-state index in [0.717, 1.165) is 0 Å². The van der Waals surface area contributed by atoms with Crippen LogP contribution in [-0.2, 0) is 14.3 Å². The Labute approximate surface area is 77.3 Å². The van der Waals surface area contributed by atoms with Gasteiger partial charge in [0.15, 0.2) is 0 Å². The maximum absolute atomic E-state index is 10.0. The molecule has 0 spiro atoms. The zero-order valence-electron chi connectivity index (χ0n) is 7.57. The Balaban J connectivity index is 2.87. The van der Waals surface area contributed by atoms with Crippen LogP contribution in [0.3, 0.4) is 0 Å². The number of carboxylic acid groups (broad SMARTS) is 1. The van der Waals surface area contributed by atoms with Crippen LogP contribution in [0.2, 0.25) is 0 Å². The molecule has 0 aliphatic rings. The third-order valence-corrected chi connectivity index (χ3v) is 1.28. The molecular weight excluding hydrogens is 176 g/mol. The molecule has 0 fully saturated rings. The first-order valence-electron chi connectivity index (χ1n) is 4.25. The molecule has 0 saturated heterocycles. The summed E-state index contributed by atoms with van der Waals surface area (Å²) in [5.41, 5.74) is 0. The molecule has 0 amide bonds. The molecule has 0 aromatic rings. The lowest BCUT2D eigenvalue weighted by Gasteiger charge is -2.03. The zero-order valence-corrected chi connectivity index (χ0v) is 7.57. The van der Waals surface area contributed by atoms with Crippen LogP contribution in [0.25, 0.3) is 0 Å². The molecule has 0 aromatic heterocycles. The van der Waals surface area contributed by atoms with Gasteiger partial charge >= 0.3 is 5.97 Å². The molecular formula is C8H16O5. The average Bonchev–Trinajstić information content (AvgIpc) is 2.09. The number of ether oxygens (including phenoxy) is 2. The fraction of sp³-hybridized carbons (Fsp3) is 0.875. The maximum Gasteiger partial charge on any atom is 0.305 e. The first-order chi connectivity index (χ1) is 6.27. The molecule has 0 aromatic carbocycles. The number of aliphatic hydroxyl groups is 1. The van der Waals surface area contributed by atoms with Crippen molar-refractivity contribution in [1.29, 1.82) is 0 Å². The maximum atomic E-state index is 10.0. The van der Waals surface area contributed by atoms with Gasteiger partial charge in [0.2, 0.25) is 0 Å². The Morgan fingerprint density at radius 2 is 1.69 bits per heavy atom. The Kier molecular flexibility index (Phi) is 8.97. The molecule has 0 bridgehead atoms. The normalized spacial score (nSPS) is 10.2. The van der Waals surface area contributed by atoms with Gasteiger partial charge in [-0.2, -0.15) is 0 Å². The second-order valence-electron chi connectivity index (χ2n) is 2.45. The van der Waals surface area contributed by atoms with Crippen molar-refractivity contribution in [2.45, 2.75) is 12.8 Å². The minimum absolute atomic E-state index is 0.0244. The molecule has 0 saturated carbocycles. The second-order valence-corrected chi connectivity index (χ2v) is 2.45. The molecule has 2 N–H and O–H groups in total. The molecule has 0 aliphatic carbocycles. The first-order valence-corrected chi connectivity index (χ1v) is 4.25. The molecule has 5 heteroatoms. The van der Waals surface area contributed by atoms with Crippen molar-refractivity contribution in [2.75, 3.05) is 33.0 Å². The van der Waals surface area contributed by atoms with Crippen molar-refractivity contribution in [2.24, 2.45) is 0 Å². The van der Waals surface area contributed by atoms with E-state index in [4.69, 9.17) is 19.7 Å². The predicted octanol–water partition coefficient (Wildman–Crippen LogP) is -0.123. The molecule has 0 atom stereocenters. The van der Waals surface area contributed by atoms with Crippen molar-refractivity contribution < 1.29 is 24.5 Å². The highest BCUT2D eigenvalue weighted by Crippen LogP contribution is 1.85. The van der Waals surface area contributed by atoms with Gasteiger partial charge in [-0.1, -0.05) is 0 Å². The van der Waals surface area contributed by atoms with Crippen LogP contribution in [-0.4, -0.2) is 49.2 Å². The smallest absolute Gasteiger partial charge is 0.305 e. The van der Waals surface area contributed by atoms with Crippen LogP contribution in [0.15, 0.2) is 0 Å². The SMILES string of the molecule is O=C(O)CCOCCOCCCO. The van der Waals surface area contributed by atoms with E-state index in [1.54, 1.807) is 0 Å². The summed E-state index contributed by atoms with van der Waals surface area (Å²) >= 11 is 0. The van der Waals surface area contributed by atoms with Gasteiger partial charge in [-0.15, -0.1) is 0 Å². The highest BCUT2D eigenvalue weighted by atomic mass is 16.5. The summed E-state index contributed by atoms with van der Waals surface area (Å²) in [6.45, 7) is 1.70. The number of carboxylic acids is 1. The molecule has 0 heterocycles. The number of aliphatic hydroxyl groups excluding tert-OH is 1. The van der Waals surface area contributed by atoms with Gasteiger partial charge in [0.25, 0.3) is 0 Å². The van der Waals surface area contributed by atoms with Crippen LogP contribution in [0.4, 0.5) is 0 Å². The summed E-state index contributed by atoms with van der Waals surface area (Å²) in [4.78, 5) is 10.0. The van der Waals surface area contributed by atoms with Crippen molar-refractivity contribution in [3.8, 4) is 0 Å². The monoisotopic (exact) mass is 192 g/mol. The quantitative estimate of drug-likeness (QED) is 0.498. The van der Waals surface area contributed by atoms with E-state index in [9.17, 15) is 4.79 Å². The van der Waals surface area contributed by atoms with Gasteiger partial charge in [-0.3, -0.25) is 4.79 Å². The van der Waals surface area contributed by atoms with Crippen LogP contribution >= 0.6 is 0 Å². The van der Waals surface area contributed by atoms with Gasteiger partial charge in [0.1, 0.15) is 0 Å². The summed E-state index contributed by atoms with van der Waals surface area (Å²) in [5.74, 6) is -0.860. The summed E-state index contributed by atoms with van der Waals surface area (Å²) in [5, 5.41) is 16.6. The Morgan fingerprint density at radius 1 is 1.08 bits per heavy atom.